The quantitative estimate of drug-likeness (QED) is 0.736. The summed E-state index contributed by atoms with van der Waals surface area (Å²) in [6.45, 7) is 4.52. The summed E-state index contributed by atoms with van der Waals surface area (Å²) in [5.41, 5.74) is -1.06. The van der Waals surface area contributed by atoms with Crippen LogP contribution in [0.2, 0.25) is 0 Å². The van der Waals surface area contributed by atoms with Gasteiger partial charge in [0.2, 0.25) is 0 Å². The molecule has 1 saturated heterocycles. The van der Waals surface area contributed by atoms with Gasteiger partial charge in [-0.3, -0.25) is 9.69 Å². The monoisotopic (exact) mass is 292 g/mol. The first-order valence-corrected chi connectivity index (χ1v) is 8.23. The number of likely N-dealkylation sites (N-methyl/N-ethyl adjacent to an activating group) is 1. The minimum Gasteiger partial charge on any atom is -0.480 e. The lowest BCUT2D eigenvalue weighted by Gasteiger charge is -2.39. The highest BCUT2D eigenvalue weighted by molar-refractivity contribution is 7.91. The Bertz CT molecular complexity index is 431. The van der Waals surface area contributed by atoms with Crippen LogP contribution in [0.1, 0.15) is 20.3 Å². The normalized spacial score (nSPS) is 23.2. The molecular formula is C12H24N2O4S. The maximum atomic E-state index is 11.6. The molecule has 1 aliphatic heterocycles. The van der Waals surface area contributed by atoms with E-state index in [1.165, 1.54) is 0 Å². The van der Waals surface area contributed by atoms with Gasteiger partial charge in [0.25, 0.3) is 0 Å². The third-order valence-electron chi connectivity index (χ3n) is 3.68. The fraction of sp³-hybridized carbons (Fsp3) is 0.917. The van der Waals surface area contributed by atoms with Gasteiger partial charge in [0.05, 0.1) is 11.5 Å². The highest BCUT2D eigenvalue weighted by Gasteiger charge is 2.42. The number of rotatable bonds is 6. The second-order valence-electron chi connectivity index (χ2n) is 5.92. The Kier molecular flexibility index (Phi) is 4.97. The summed E-state index contributed by atoms with van der Waals surface area (Å²) >= 11 is 0. The van der Waals surface area contributed by atoms with Crippen LogP contribution in [0.25, 0.3) is 0 Å². The Morgan fingerprint density at radius 3 is 2.26 bits per heavy atom. The van der Waals surface area contributed by atoms with Gasteiger partial charge in [-0.2, -0.15) is 0 Å². The lowest BCUT2D eigenvalue weighted by molar-refractivity contribution is -0.150. The number of carbonyl (C=O) groups is 1. The molecule has 112 valence electrons. The summed E-state index contributed by atoms with van der Waals surface area (Å²) in [6, 6.07) is -0.198. The zero-order valence-corrected chi connectivity index (χ0v) is 12.9. The summed E-state index contributed by atoms with van der Waals surface area (Å²) in [5, 5.41) is 9.36. The van der Waals surface area contributed by atoms with Gasteiger partial charge in [-0.25, -0.2) is 8.42 Å². The molecule has 0 saturated carbocycles. The van der Waals surface area contributed by atoms with E-state index in [0.717, 1.165) is 0 Å². The van der Waals surface area contributed by atoms with E-state index in [9.17, 15) is 18.3 Å². The van der Waals surface area contributed by atoms with E-state index in [1.54, 1.807) is 13.8 Å². The third kappa shape index (κ3) is 4.15. The van der Waals surface area contributed by atoms with Gasteiger partial charge in [-0.1, -0.05) is 0 Å². The van der Waals surface area contributed by atoms with Crippen molar-refractivity contribution in [3.63, 3.8) is 0 Å². The molecule has 0 aromatic carbocycles. The maximum absolute atomic E-state index is 11.6. The van der Waals surface area contributed by atoms with Gasteiger partial charge in [0, 0.05) is 19.1 Å². The van der Waals surface area contributed by atoms with Crippen molar-refractivity contribution in [1.82, 2.24) is 9.80 Å². The predicted octanol–water partition coefficient (Wildman–Crippen LogP) is -0.0997. The fourth-order valence-electron chi connectivity index (χ4n) is 2.37. The first kappa shape index (κ1) is 16.4. The molecule has 1 fully saturated rings. The minimum atomic E-state index is -3.01. The van der Waals surface area contributed by atoms with Crippen LogP contribution in [-0.4, -0.2) is 79.6 Å². The summed E-state index contributed by atoms with van der Waals surface area (Å²) in [7, 11) is 0.815. The smallest absolute Gasteiger partial charge is 0.323 e. The van der Waals surface area contributed by atoms with Gasteiger partial charge in [-0.15, -0.1) is 0 Å². The van der Waals surface area contributed by atoms with Crippen LogP contribution in [0.15, 0.2) is 0 Å². The van der Waals surface area contributed by atoms with Crippen molar-refractivity contribution in [2.45, 2.75) is 31.8 Å². The zero-order chi connectivity index (χ0) is 14.8. The molecule has 0 aromatic rings. The standard InChI is InChI=1S/C12H24N2O4S/c1-12(2,11(15)16)14(7-6-13(3)4)10-5-8-19(17,18)9-10/h10H,5-9H2,1-4H3,(H,15,16). The SMILES string of the molecule is CN(C)CCN(C1CCS(=O)(=O)C1)C(C)(C)C(=O)O. The average Bonchev–Trinajstić information content (AvgIpc) is 2.58. The molecule has 1 N–H and O–H groups in total. The minimum absolute atomic E-state index is 0.0666. The largest absolute Gasteiger partial charge is 0.480 e. The van der Waals surface area contributed by atoms with Crippen LogP contribution in [0.3, 0.4) is 0 Å². The van der Waals surface area contributed by atoms with Crippen molar-refractivity contribution < 1.29 is 18.3 Å². The summed E-state index contributed by atoms with van der Waals surface area (Å²) < 4.78 is 23.2. The number of sulfone groups is 1. The van der Waals surface area contributed by atoms with Gasteiger partial charge < -0.3 is 10.0 Å². The molecule has 1 aliphatic rings. The molecule has 6 nitrogen and oxygen atoms in total. The zero-order valence-electron chi connectivity index (χ0n) is 12.1. The number of hydrogen-bond acceptors (Lipinski definition) is 5. The van der Waals surface area contributed by atoms with Crippen LogP contribution in [-0.2, 0) is 14.6 Å². The molecule has 1 unspecified atom stereocenters. The summed E-state index contributed by atoms with van der Waals surface area (Å²) in [4.78, 5) is 15.2. The highest BCUT2D eigenvalue weighted by atomic mass is 32.2. The van der Waals surface area contributed by atoms with Crippen molar-refractivity contribution >= 4 is 15.8 Å². The van der Waals surface area contributed by atoms with Crippen molar-refractivity contribution in [2.75, 3.05) is 38.7 Å². The van der Waals surface area contributed by atoms with Gasteiger partial charge >= 0.3 is 5.97 Å². The van der Waals surface area contributed by atoms with Crippen molar-refractivity contribution in [3.05, 3.63) is 0 Å². The van der Waals surface area contributed by atoms with E-state index < -0.39 is 21.3 Å². The van der Waals surface area contributed by atoms with Crippen LogP contribution in [0, 0.1) is 0 Å². The number of carboxylic acids is 1. The second-order valence-corrected chi connectivity index (χ2v) is 8.15. The van der Waals surface area contributed by atoms with Crippen LogP contribution in [0.4, 0.5) is 0 Å². The number of hydrogen-bond donors (Lipinski definition) is 1. The molecule has 19 heavy (non-hydrogen) atoms. The number of nitrogens with zero attached hydrogens (tertiary/aromatic N) is 2. The number of aliphatic carboxylic acids is 1. The Labute approximate surface area is 115 Å². The molecule has 0 radical (unpaired) electrons. The summed E-state index contributed by atoms with van der Waals surface area (Å²) in [5.74, 6) is -0.696. The van der Waals surface area contributed by atoms with E-state index in [0.29, 0.717) is 19.5 Å². The molecule has 0 aliphatic carbocycles. The van der Waals surface area contributed by atoms with Gasteiger partial charge in [-0.05, 0) is 34.4 Å². The summed E-state index contributed by atoms with van der Waals surface area (Å²) in [6.07, 6.45) is 0.520. The molecule has 1 heterocycles. The van der Waals surface area contributed by atoms with Gasteiger partial charge in [0.1, 0.15) is 5.54 Å². The molecular weight excluding hydrogens is 268 g/mol. The first-order valence-electron chi connectivity index (χ1n) is 6.41. The van der Waals surface area contributed by atoms with E-state index >= 15 is 0 Å². The Morgan fingerprint density at radius 1 is 1.32 bits per heavy atom. The third-order valence-corrected chi connectivity index (χ3v) is 5.43. The molecule has 1 rings (SSSR count). The predicted molar refractivity (Wildman–Crippen MR) is 74.0 cm³/mol. The molecule has 0 spiro atoms. The van der Waals surface area contributed by atoms with Crippen molar-refractivity contribution in [3.8, 4) is 0 Å². The van der Waals surface area contributed by atoms with Crippen LogP contribution in [0.5, 0.6) is 0 Å². The Balaban J connectivity index is 2.90. The second kappa shape index (κ2) is 5.76. The fourth-order valence-corrected chi connectivity index (χ4v) is 4.10. The Morgan fingerprint density at radius 2 is 1.89 bits per heavy atom. The van der Waals surface area contributed by atoms with Crippen molar-refractivity contribution in [1.29, 1.82) is 0 Å². The molecule has 0 aromatic heterocycles. The number of carboxylic acid groups (broad SMARTS) is 1. The van der Waals surface area contributed by atoms with Gasteiger partial charge in [0.15, 0.2) is 9.84 Å². The average molecular weight is 292 g/mol. The molecule has 0 bridgehead atoms. The Hall–Kier alpha value is -0.660. The lowest BCUT2D eigenvalue weighted by atomic mass is 9.99. The van der Waals surface area contributed by atoms with Crippen molar-refractivity contribution in [2.24, 2.45) is 0 Å². The topological polar surface area (TPSA) is 77.9 Å². The molecule has 1 atom stereocenters. The molecule has 0 amide bonds. The van der Waals surface area contributed by atoms with E-state index in [2.05, 4.69) is 0 Å². The lowest BCUT2D eigenvalue weighted by Crippen LogP contribution is -2.56. The first-order chi connectivity index (χ1) is 8.56. The van der Waals surface area contributed by atoms with E-state index in [-0.39, 0.29) is 17.5 Å². The van der Waals surface area contributed by atoms with E-state index in [4.69, 9.17) is 0 Å². The molecule has 7 heteroatoms. The van der Waals surface area contributed by atoms with E-state index in [1.807, 2.05) is 23.9 Å². The van der Waals surface area contributed by atoms with Crippen LogP contribution >= 0.6 is 0 Å². The highest BCUT2D eigenvalue weighted by Crippen LogP contribution is 2.25. The maximum Gasteiger partial charge on any atom is 0.323 e. The van der Waals surface area contributed by atoms with Crippen LogP contribution < -0.4 is 0 Å².